The van der Waals surface area contributed by atoms with Crippen molar-refractivity contribution in [2.45, 2.75) is 130 Å². The molecule has 202 valence electrons. The molecule has 0 spiro atoms. The van der Waals surface area contributed by atoms with Crippen LogP contribution in [0.4, 0.5) is 0 Å². The van der Waals surface area contributed by atoms with Gasteiger partial charge in [-0.25, -0.2) is 4.79 Å². The Bertz CT molecular complexity index is 928. The van der Waals surface area contributed by atoms with Crippen LogP contribution in [0.25, 0.3) is 0 Å². The van der Waals surface area contributed by atoms with Gasteiger partial charge in [0.2, 0.25) is 0 Å². The molecule has 36 heavy (non-hydrogen) atoms. The van der Waals surface area contributed by atoms with Crippen LogP contribution in [-0.2, 0) is 14.0 Å². The Kier molecular flexibility index (Phi) is 6.76. The number of hydrogen-bond acceptors (Lipinski definition) is 3. The number of cyclic esters (lactones) is 1. The average Bonchev–Trinajstić information content (AvgIpc) is 3.15. The van der Waals surface area contributed by atoms with E-state index in [1.165, 1.54) is 44.9 Å². The van der Waals surface area contributed by atoms with E-state index in [1.807, 2.05) is 6.08 Å². The number of carbonyl (C=O) groups is 1. The molecule has 4 aliphatic carbocycles. The molecule has 1 aliphatic heterocycles. The molecule has 5 rings (SSSR count). The van der Waals surface area contributed by atoms with Gasteiger partial charge in [0, 0.05) is 18.6 Å². The summed E-state index contributed by atoms with van der Waals surface area (Å²) in [6.07, 6.45) is 18.0. The number of ether oxygens (including phenoxy) is 1. The summed E-state index contributed by atoms with van der Waals surface area (Å²) in [5.74, 6) is 3.43. The van der Waals surface area contributed by atoms with E-state index in [2.05, 4.69) is 60.7 Å². The van der Waals surface area contributed by atoms with Crippen molar-refractivity contribution in [1.29, 1.82) is 0 Å². The van der Waals surface area contributed by atoms with Gasteiger partial charge >= 0.3 is 5.97 Å². The highest BCUT2D eigenvalue weighted by atomic mass is 28.4. The summed E-state index contributed by atoms with van der Waals surface area (Å²) in [6.45, 7) is 19.5. The van der Waals surface area contributed by atoms with Gasteiger partial charge in [0.1, 0.15) is 6.10 Å². The van der Waals surface area contributed by atoms with E-state index in [0.29, 0.717) is 28.8 Å². The fourth-order valence-electron chi connectivity index (χ4n) is 9.34. The van der Waals surface area contributed by atoms with Crippen LogP contribution in [0.5, 0.6) is 0 Å². The van der Waals surface area contributed by atoms with Gasteiger partial charge in [-0.15, -0.1) is 0 Å². The molecule has 3 nitrogen and oxygen atoms in total. The smallest absolute Gasteiger partial charge is 0.330 e. The lowest BCUT2D eigenvalue weighted by molar-refractivity contribution is -0.149. The number of rotatable bonds is 4. The summed E-state index contributed by atoms with van der Waals surface area (Å²) in [6, 6.07) is 0. The van der Waals surface area contributed by atoms with Crippen LogP contribution in [0.1, 0.15) is 99.3 Å². The predicted molar refractivity (Wildman–Crippen MR) is 150 cm³/mol. The summed E-state index contributed by atoms with van der Waals surface area (Å²) >= 11 is 0. The highest BCUT2D eigenvalue weighted by molar-refractivity contribution is 6.74. The molecule has 3 saturated carbocycles. The van der Waals surface area contributed by atoms with Gasteiger partial charge < -0.3 is 9.16 Å². The van der Waals surface area contributed by atoms with Gasteiger partial charge in [0.15, 0.2) is 8.32 Å². The fourth-order valence-corrected chi connectivity index (χ4v) is 10.7. The normalized spacial score (nSPS) is 43.7. The minimum atomic E-state index is -1.74. The zero-order valence-corrected chi connectivity index (χ0v) is 25.4. The second-order valence-corrected chi connectivity index (χ2v) is 20.0. The first-order chi connectivity index (χ1) is 16.8. The van der Waals surface area contributed by atoms with Gasteiger partial charge in [-0.1, -0.05) is 59.3 Å². The number of carbonyl (C=O) groups excluding carboxylic acids is 1. The zero-order chi connectivity index (χ0) is 26.1. The molecule has 3 fully saturated rings. The summed E-state index contributed by atoms with van der Waals surface area (Å²) in [5, 5.41) is 0.274. The Labute approximate surface area is 222 Å². The first kappa shape index (κ1) is 26.7. The molecule has 0 radical (unpaired) electrons. The van der Waals surface area contributed by atoms with Crippen molar-refractivity contribution in [1.82, 2.24) is 0 Å². The van der Waals surface area contributed by atoms with E-state index >= 15 is 0 Å². The maximum atomic E-state index is 11.9. The maximum Gasteiger partial charge on any atom is 0.330 e. The van der Waals surface area contributed by atoms with Crippen LogP contribution in [0.2, 0.25) is 18.1 Å². The second kappa shape index (κ2) is 9.11. The topological polar surface area (TPSA) is 35.5 Å². The van der Waals surface area contributed by atoms with Crippen molar-refractivity contribution in [3.8, 4) is 0 Å². The van der Waals surface area contributed by atoms with Crippen molar-refractivity contribution in [3.05, 3.63) is 23.8 Å². The van der Waals surface area contributed by atoms with E-state index in [9.17, 15) is 4.79 Å². The third-order valence-corrected chi connectivity index (χ3v) is 17.0. The van der Waals surface area contributed by atoms with Crippen molar-refractivity contribution in [2.75, 3.05) is 0 Å². The quantitative estimate of drug-likeness (QED) is 0.215. The molecule has 5 unspecified atom stereocenters. The molecule has 1 heterocycles. The molecule has 5 aliphatic rings. The van der Waals surface area contributed by atoms with Gasteiger partial charge in [-0.3, -0.25) is 0 Å². The molecule has 9 atom stereocenters. The van der Waals surface area contributed by atoms with Crippen LogP contribution in [-0.4, -0.2) is 26.5 Å². The maximum absolute atomic E-state index is 11.9. The van der Waals surface area contributed by atoms with Gasteiger partial charge in [-0.05, 0) is 110 Å². The van der Waals surface area contributed by atoms with Gasteiger partial charge in [-0.2, -0.15) is 0 Å². The Morgan fingerprint density at radius 3 is 2.50 bits per heavy atom. The summed E-state index contributed by atoms with van der Waals surface area (Å²) in [4.78, 5) is 11.9. The van der Waals surface area contributed by atoms with Crippen LogP contribution < -0.4 is 0 Å². The predicted octanol–water partition coefficient (Wildman–Crippen LogP) is 8.46. The second-order valence-electron chi connectivity index (χ2n) is 15.2. The first-order valence-electron chi connectivity index (χ1n) is 15.0. The lowest BCUT2D eigenvalue weighted by Gasteiger charge is -2.59. The zero-order valence-electron chi connectivity index (χ0n) is 24.4. The Morgan fingerprint density at radius 2 is 1.81 bits per heavy atom. The minimum absolute atomic E-state index is 0.0624. The summed E-state index contributed by atoms with van der Waals surface area (Å²) in [7, 11) is -1.74. The lowest BCUT2D eigenvalue weighted by atomic mass is 9.47. The molecule has 0 saturated heterocycles. The van der Waals surface area contributed by atoms with Crippen molar-refractivity contribution < 1.29 is 14.0 Å². The molecule has 4 heteroatoms. The molecule has 0 bridgehead atoms. The number of fused-ring (bicyclic) bond motifs is 5. The summed E-state index contributed by atoms with van der Waals surface area (Å²) in [5.41, 5.74) is 2.48. The number of hydrogen-bond donors (Lipinski definition) is 0. The van der Waals surface area contributed by atoms with E-state index in [1.54, 1.807) is 11.6 Å². The standard InChI is InChI=1S/C32H52O3Si/c1-21(28-10-9-11-29(33)34-28)25-14-15-26-24-13-12-22-20-23(35-36(7,8)30(2,3)4)16-18-31(22,5)27(24)17-19-32(25,26)6/h9,11-12,21,23-28H,10,13-20H2,1-8H3/t21-,23-,24?,25?,26?,27?,28?,31-,32+/m0/s1. The van der Waals surface area contributed by atoms with Crippen LogP contribution in [0.3, 0.4) is 0 Å². The Hall–Kier alpha value is -0.873. The molecule has 0 aromatic heterocycles. The van der Waals surface area contributed by atoms with Gasteiger partial charge in [0.25, 0.3) is 0 Å². The largest absolute Gasteiger partial charge is 0.459 e. The van der Waals surface area contributed by atoms with Crippen LogP contribution in [0, 0.1) is 40.4 Å². The van der Waals surface area contributed by atoms with Crippen LogP contribution >= 0.6 is 0 Å². The lowest BCUT2D eigenvalue weighted by Crippen LogP contribution is -2.52. The Balaban J connectivity index is 1.31. The fraction of sp³-hybridized carbons (Fsp3) is 0.844. The van der Waals surface area contributed by atoms with Crippen LogP contribution in [0.15, 0.2) is 23.8 Å². The third-order valence-electron chi connectivity index (χ3n) is 12.5. The highest BCUT2D eigenvalue weighted by Crippen LogP contribution is 2.67. The van der Waals surface area contributed by atoms with E-state index in [4.69, 9.17) is 9.16 Å². The monoisotopic (exact) mass is 512 g/mol. The molecule has 0 amide bonds. The Morgan fingerprint density at radius 1 is 1.06 bits per heavy atom. The van der Waals surface area contributed by atoms with Crippen molar-refractivity contribution in [3.63, 3.8) is 0 Å². The van der Waals surface area contributed by atoms with E-state index in [-0.39, 0.29) is 17.1 Å². The minimum Gasteiger partial charge on any atom is -0.459 e. The van der Waals surface area contributed by atoms with Crippen molar-refractivity contribution >= 4 is 14.3 Å². The van der Waals surface area contributed by atoms with Crippen molar-refractivity contribution in [2.24, 2.45) is 40.4 Å². The first-order valence-corrected chi connectivity index (χ1v) is 17.9. The molecule has 0 aromatic rings. The average molecular weight is 513 g/mol. The number of esters is 1. The van der Waals surface area contributed by atoms with E-state index < -0.39 is 8.32 Å². The third kappa shape index (κ3) is 4.30. The molecular weight excluding hydrogens is 460 g/mol. The molecule has 0 aromatic carbocycles. The van der Waals surface area contributed by atoms with E-state index in [0.717, 1.165) is 30.6 Å². The number of allylic oxidation sites excluding steroid dienone is 1. The SMILES string of the molecule is C[C@H](C1CC=CC(=O)O1)C1CCC2C3CC=C4C[C@@H](O[Si](C)(C)C(C)(C)C)CC[C@]4(C)C3CC[C@@]21C. The molecule has 0 N–H and O–H groups in total. The van der Waals surface area contributed by atoms with Gasteiger partial charge in [0.05, 0.1) is 0 Å². The highest BCUT2D eigenvalue weighted by Gasteiger charge is 2.60. The summed E-state index contributed by atoms with van der Waals surface area (Å²) < 4.78 is 12.7. The molecular formula is C32H52O3Si.